The molecule has 3 heterocycles. The van der Waals surface area contributed by atoms with E-state index < -0.39 is 6.04 Å². The van der Waals surface area contributed by atoms with Crippen LogP contribution >= 0.6 is 0 Å². The van der Waals surface area contributed by atoms with Crippen molar-refractivity contribution < 1.29 is 9.59 Å². The van der Waals surface area contributed by atoms with E-state index in [0.29, 0.717) is 26.1 Å². The van der Waals surface area contributed by atoms with Gasteiger partial charge in [-0.25, -0.2) is 9.97 Å². The average molecular weight is 345 g/mol. The van der Waals surface area contributed by atoms with Gasteiger partial charge in [-0.1, -0.05) is 13.8 Å². The predicted molar refractivity (Wildman–Crippen MR) is 93.9 cm³/mol. The molecule has 1 aromatic heterocycles. The fourth-order valence-corrected chi connectivity index (χ4v) is 3.31. The Bertz CT molecular complexity index is 646. The quantitative estimate of drug-likeness (QED) is 0.841. The van der Waals surface area contributed by atoms with E-state index in [1.807, 2.05) is 6.20 Å². The van der Waals surface area contributed by atoms with Gasteiger partial charge in [0.25, 0.3) is 0 Å². The topological polar surface area (TPSA) is 87.2 Å². The molecule has 0 bridgehead atoms. The summed E-state index contributed by atoms with van der Waals surface area (Å²) >= 11 is 0. The molecule has 2 N–H and O–H groups in total. The van der Waals surface area contributed by atoms with E-state index in [1.54, 1.807) is 0 Å². The Balaban J connectivity index is 1.57. The number of carbonyl (C=O) groups excluding carboxylic acids is 2. The van der Waals surface area contributed by atoms with Gasteiger partial charge in [0, 0.05) is 31.7 Å². The highest BCUT2D eigenvalue weighted by molar-refractivity contribution is 5.88. The molecule has 7 heteroatoms. The molecule has 0 aromatic carbocycles. The second-order valence-corrected chi connectivity index (χ2v) is 7.22. The van der Waals surface area contributed by atoms with Crippen LogP contribution < -0.4 is 10.6 Å². The van der Waals surface area contributed by atoms with Crippen LogP contribution in [-0.4, -0.2) is 52.4 Å². The fraction of sp³-hybridized carbons (Fsp3) is 0.667. The third-order valence-electron chi connectivity index (χ3n) is 4.80. The third kappa shape index (κ3) is 4.54. The summed E-state index contributed by atoms with van der Waals surface area (Å²) in [5.41, 5.74) is 2.19. The molecule has 1 aromatic rings. The summed E-state index contributed by atoms with van der Waals surface area (Å²) in [6.45, 7) is 6.61. The van der Waals surface area contributed by atoms with Gasteiger partial charge in [0.15, 0.2) is 0 Å². The molecule has 0 radical (unpaired) electrons. The molecule has 0 unspecified atom stereocenters. The van der Waals surface area contributed by atoms with Gasteiger partial charge in [0.05, 0.1) is 12.2 Å². The van der Waals surface area contributed by atoms with E-state index in [9.17, 15) is 9.59 Å². The Hall–Kier alpha value is -2.02. The number of aromatic nitrogens is 2. The molecule has 2 aliphatic heterocycles. The Morgan fingerprint density at radius 3 is 3.08 bits per heavy atom. The minimum absolute atomic E-state index is 0.0656. The summed E-state index contributed by atoms with van der Waals surface area (Å²) in [5, 5.41) is 5.73. The number of rotatable bonds is 4. The molecule has 136 valence electrons. The molecular formula is C18H27N5O2. The van der Waals surface area contributed by atoms with Crippen LogP contribution in [0.25, 0.3) is 0 Å². The number of nitrogens with zero attached hydrogens (tertiary/aromatic N) is 3. The molecule has 1 atom stereocenters. The predicted octanol–water partition coefficient (Wildman–Crippen LogP) is 0.743. The summed E-state index contributed by atoms with van der Waals surface area (Å²) in [7, 11) is 0. The van der Waals surface area contributed by atoms with Gasteiger partial charge in [-0.05, 0) is 31.2 Å². The van der Waals surface area contributed by atoms with Crippen molar-refractivity contribution in [2.75, 3.05) is 19.6 Å². The summed E-state index contributed by atoms with van der Waals surface area (Å²) in [6, 6.07) is -0.401. The lowest BCUT2D eigenvalue weighted by atomic mass is 10.1. The maximum absolute atomic E-state index is 12.4. The molecular weight excluding hydrogens is 318 g/mol. The summed E-state index contributed by atoms with van der Waals surface area (Å²) in [5.74, 6) is 0.977. The van der Waals surface area contributed by atoms with Crippen LogP contribution in [-0.2, 0) is 22.6 Å². The normalized spacial score (nSPS) is 21.4. The molecule has 3 rings (SSSR count). The lowest BCUT2D eigenvalue weighted by Crippen LogP contribution is -2.49. The number of hydrogen-bond donors (Lipinski definition) is 2. The molecule has 25 heavy (non-hydrogen) atoms. The summed E-state index contributed by atoms with van der Waals surface area (Å²) in [4.78, 5) is 35.5. The molecule has 7 nitrogen and oxygen atoms in total. The van der Waals surface area contributed by atoms with Crippen LogP contribution in [0.3, 0.4) is 0 Å². The second kappa shape index (κ2) is 7.91. The standard InChI is InChI=1S/C18H27N5O2/c1-12(2)17-20-9-13-6-8-23(10-15(13)22-17)11-16(24)21-14-5-3-4-7-19-18(14)25/h9,12,14H,3-8,10-11H2,1-2H3,(H,19,25)(H,21,24)/t14-/m1/s1. The number of hydrogen-bond acceptors (Lipinski definition) is 5. The monoisotopic (exact) mass is 345 g/mol. The van der Waals surface area contributed by atoms with E-state index in [4.69, 9.17) is 0 Å². The average Bonchev–Trinajstić information content (AvgIpc) is 2.78. The van der Waals surface area contributed by atoms with Crippen LogP contribution in [0.2, 0.25) is 0 Å². The van der Waals surface area contributed by atoms with Gasteiger partial charge in [0.2, 0.25) is 11.8 Å². The van der Waals surface area contributed by atoms with E-state index in [-0.39, 0.29) is 17.7 Å². The fourth-order valence-electron chi connectivity index (χ4n) is 3.31. The smallest absolute Gasteiger partial charge is 0.242 e. The highest BCUT2D eigenvalue weighted by Crippen LogP contribution is 2.18. The zero-order valence-corrected chi connectivity index (χ0v) is 15.0. The first-order valence-electron chi connectivity index (χ1n) is 9.17. The number of nitrogens with one attached hydrogen (secondary N) is 2. The minimum Gasteiger partial charge on any atom is -0.354 e. The highest BCUT2D eigenvalue weighted by Gasteiger charge is 2.25. The van der Waals surface area contributed by atoms with Crippen LogP contribution in [0.5, 0.6) is 0 Å². The molecule has 0 aliphatic carbocycles. The van der Waals surface area contributed by atoms with Crippen LogP contribution in [0.1, 0.15) is 56.1 Å². The van der Waals surface area contributed by atoms with Gasteiger partial charge in [-0.2, -0.15) is 0 Å². The maximum atomic E-state index is 12.4. The van der Waals surface area contributed by atoms with Gasteiger partial charge < -0.3 is 10.6 Å². The van der Waals surface area contributed by atoms with E-state index >= 15 is 0 Å². The first-order chi connectivity index (χ1) is 12.0. The minimum atomic E-state index is -0.401. The second-order valence-electron chi connectivity index (χ2n) is 7.22. The lowest BCUT2D eigenvalue weighted by Gasteiger charge is -2.28. The maximum Gasteiger partial charge on any atom is 0.242 e. The largest absolute Gasteiger partial charge is 0.354 e. The van der Waals surface area contributed by atoms with Crippen molar-refractivity contribution in [1.82, 2.24) is 25.5 Å². The number of carbonyl (C=O) groups is 2. The summed E-state index contributed by atoms with van der Waals surface area (Å²) < 4.78 is 0. The van der Waals surface area contributed by atoms with Crippen LogP contribution in [0.15, 0.2) is 6.20 Å². The van der Waals surface area contributed by atoms with Gasteiger partial charge in [-0.15, -0.1) is 0 Å². The van der Waals surface area contributed by atoms with E-state index in [0.717, 1.165) is 37.3 Å². The molecule has 0 spiro atoms. The Labute approximate surface area is 148 Å². The van der Waals surface area contributed by atoms with Crippen molar-refractivity contribution in [2.24, 2.45) is 0 Å². The van der Waals surface area contributed by atoms with Gasteiger partial charge in [0.1, 0.15) is 11.9 Å². The van der Waals surface area contributed by atoms with Crippen molar-refractivity contribution in [3.05, 3.63) is 23.3 Å². The molecule has 2 aliphatic rings. The Morgan fingerprint density at radius 1 is 1.44 bits per heavy atom. The number of amides is 2. The van der Waals surface area contributed by atoms with Crippen molar-refractivity contribution in [3.63, 3.8) is 0 Å². The number of fused-ring (bicyclic) bond motifs is 1. The third-order valence-corrected chi connectivity index (χ3v) is 4.80. The van der Waals surface area contributed by atoms with E-state index in [2.05, 4.69) is 39.3 Å². The Kier molecular flexibility index (Phi) is 5.63. The zero-order chi connectivity index (χ0) is 17.8. The van der Waals surface area contributed by atoms with Crippen LogP contribution in [0, 0.1) is 0 Å². The first kappa shape index (κ1) is 17.8. The SMILES string of the molecule is CC(C)c1ncc2c(n1)CN(CC(=O)N[C@@H]1CCCCNC1=O)CC2. The van der Waals surface area contributed by atoms with Gasteiger partial charge >= 0.3 is 0 Å². The van der Waals surface area contributed by atoms with Crippen molar-refractivity contribution >= 4 is 11.8 Å². The lowest BCUT2D eigenvalue weighted by molar-refractivity contribution is -0.129. The van der Waals surface area contributed by atoms with E-state index in [1.165, 1.54) is 5.56 Å². The summed E-state index contributed by atoms with van der Waals surface area (Å²) in [6.07, 6.45) is 5.41. The highest BCUT2D eigenvalue weighted by atomic mass is 16.2. The molecule has 0 saturated carbocycles. The van der Waals surface area contributed by atoms with Gasteiger partial charge in [-0.3, -0.25) is 14.5 Å². The molecule has 1 fully saturated rings. The van der Waals surface area contributed by atoms with Crippen LogP contribution in [0.4, 0.5) is 0 Å². The Morgan fingerprint density at radius 2 is 2.28 bits per heavy atom. The molecule has 1 saturated heterocycles. The van der Waals surface area contributed by atoms with Crippen molar-refractivity contribution in [2.45, 2.75) is 58.0 Å². The van der Waals surface area contributed by atoms with Crippen molar-refractivity contribution in [3.8, 4) is 0 Å². The zero-order valence-electron chi connectivity index (χ0n) is 15.0. The first-order valence-corrected chi connectivity index (χ1v) is 9.17. The molecule has 2 amide bonds. The van der Waals surface area contributed by atoms with Crippen molar-refractivity contribution in [1.29, 1.82) is 0 Å².